The first-order valence-electron chi connectivity index (χ1n) is 5.94. The SMILES string of the molecule is C#CCN(C(=O)OC(C)(C)C)C(C#C)(C(=O)OC)C(F)(F)F. The lowest BCUT2D eigenvalue weighted by Gasteiger charge is -2.38. The van der Waals surface area contributed by atoms with Crippen LogP contribution in [0, 0.1) is 24.7 Å². The maximum Gasteiger partial charge on any atom is 0.434 e. The molecule has 1 amide bonds. The number of terminal acetylenes is 2. The molecule has 0 saturated heterocycles. The molecule has 0 bridgehead atoms. The summed E-state index contributed by atoms with van der Waals surface area (Å²) in [6.07, 6.45) is 3.10. The summed E-state index contributed by atoms with van der Waals surface area (Å²) in [5.41, 5.74) is -4.79. The van der Waals surface area contributed by atoms with Gasteiger partial charge in [-0.2, -0.15) is 13.2 Å². The van der Waals surface area contributed by atoms with Gasteiger partial charge in [-0.1, -0.05) is 11.8 Å². The van der Waals surface area contributed by atoms with Crippen molar-refractivity contribution in [2.24, 2.45) is 0 Å². The average Bonchev–Trinajstić information content (AvgIpc) is 2.34. The van der Waals surface area contributed by atoms with E-state index in [0.717, 1.165) is 0 Å². The number of methoxy groups -OCH3 is 1. The zero-order valence-corrected chi connectivity index (χ0v) is 12.6. The van der Waals surface area contributed by atoms with Gasteiger partial charge in [0.05, 0.1) is 13.7 Å². The first kappa shape index (κ1) is 19.7. The molecule has 5 nitrogen and oxygen atoms in total. The van der Waals surface area contributed by atoms with Gasteiger partial charge in [-0.25, -0.2) is 9.59 Å². The molecular formula is C14H16F3NO4. The molecule has 0 aromatic carbocycles. The van der Waals surface area contributed by atoms with Crippen LogP contribution in [0.1, 0.15) is 20.8 Å². The van der Waals surface area contributed by atoms with Gasteiger partial charge < -0.3 is 9.47 Å². The molecule has 0 N–H and O–H groups in total. The second kappa shape index (κ2) is 6.61. The molecule has 0 fully saturated rings. The normalized spacial score (nSPS) is 14.0. The summed E-state index contributed by atoms with van der Waals surface area (Å²) in [5, 5.41) is 0. The maximum atomic E-state index is 13.4. The quantitative estimate of drug-likeness (QED) is 0.589. The summed E-state index contributed by atoms with van der Waals surface area (Å²) in [6.45, 7) is 3.40. The highest BCUT2D eigenvalue weighted by molar-refractivity contribution is 5.90. The Kier molecular flexibility index (Phi) is 5.90. The van der Waals surface area contributed by atoms with Gasteiger partial charge >= 0.3 is 23.8 Å². The number of hydrogen-bond acceptors (Lipinski definition) is 4. The predicted molar refractivity (Wildman–Crippen MR) is 71.4 cm³/mol. The Hall–Kier alpha value is -2.35. The molecule has 22 heavy (non-hydrogen) atoms. The lowest BCUT2D eigenvalue weighted by Crippen LogP contribution is -2.65. The highest BCUT2D eigenvalue weighted by atomic mass is 19.4. The average molecular weight is 319 g/mol. The van der Waals surface area contributed by atoms with Crippen molar-refractivity contribution in [2.75, 3.05) is 13.7 Å². The van der Waals surface area contributed by atoms with Crippen LogP contribution in [-0.2, 0) is 14.3 Å². The second-order valence-electron chi connectivity index (χ2n) is 5.11. The molecule has 0 aromatic rings. The lowest BCUT2D eigenvalue weighted by molar-refractivity contribution is -0.218. The van der Waals surface area contributed by atoms with Crippen molar-refractivity contribution in [1.29, 1.82) is 0 Å². The van der Waals surface area contributed by atoms with Gasteiger partial charge in [-0.15, -0.1) is 12.8 Å². The van der Waals surface area contributed by atoms with Crippen LogP contribution in [-0.4, -0.2) is 47.9 Å². The Morgan fingerprint density at radius 1 is 1.18 bits per heavy atom. The van der Waals surface area contributed by atoms with Crippen LogP contribution in [0.2, 0.25) is 0 Å². The van der Waals surface area contributed by atoms with Crippen molar-refractivity contribution in [3.05, 3.63) is 0 Å². The monoisotopic (exact) mass is 319 g/mol. The lowest BCUT2D eigenvalue weighted by atomic mass is 9.97. The molecule has 1 unspecified atom stereocenters. The number of hydrogen-bond donors (Lipinski definition) is 0. The predicted octanol–water partition coefficient (Wildman–Crippen LogP) is 1.96. The number of ether oxygens (including phenoxy) is 2. The van der Waals surface area contributed by atoms with E-state index >= 15 is 0 Å². The van der Waals surface area contributed by atoms with Crippen LogP contribution in [0.4, 0.5) is 18.0 Å². The molecule has 0 aliphatic rings. The highest BCUT2D eigenvalue weighted by Crippen LogP contribution is 2.37. The van der Waals surface area contributed by atoms with Crippen LogP contribution >= 0.6 is 0 Å². The molecular weight excluding hydrogens is 303 g/mol. The topological polar surface area (TPSA) is 55.8 Å². The number of nitrogens with zero attached hydrogens (tertiary/aromatic N) is 1. The molecule has 0 aliphatic carbocycles. The van der Waals surface area contributed by atoms with Crippen molar-refractivity contribution in [3.63, 3.8) is 0 Å². The summed E-state index contributed by atoms with van der Waals surface area (Å²) in [5.74, 6) is 1.28. The fourth-order valence-corrected chi connectivity index (χ4v) is 1.47. The van der Waals surface area contributed by atoms with Crippen LogP contribution in [0.15, 0.2) is 0 Å². The van der Waals surface area contributed by atoms with Crippen molar-refractivity contribution in [2.45, 2.75) is 38.1 Å². The van der Waals surface area contributed by atoms with E-state index in [1.54, 1.807) is 0 Å². The molecule has 0 heterocycles. The number of halogens is 3. The standard InChI is InChI=1S/C14H16F3NO4/c1-7-9-18(11(20)22-12(3,4)5)13(8-2,10(19)21-6)14(15,16)17/h1-2H,9H2,3-6H3. The van der Waals surface area contributed by atoms with E-state index in [4.69, 9.17) is 17.6 Å². The summed E-state index contributed by atoms with van der Waals surface area (Å²) in [7, 11) is 0.712. The fourth-order valence-electron chi connectivity index (χ4n) is 1.47. The Morgan fingerprint density at radius 2 is 1.68 bits per heavy atom. The molecule has 122 valence electrons. The number of carbonyl (C=O) groups is 2. The molecule has 0 aliphatic heterocycles. The Labute approximate surface area is 126 Å². The van der Waals surface area contributed by atoms with Crippen molar-refractivity contribution >= 4 is 12.1 Å². The summed E-state index contributed by atoms with van der Waals surface area (Å²) in [4.78, 5) is 23.7. The summed E-state index contributed by atoms with van der Waals surface area (Å²) in [6, 6.07) is 0. The third kappa shape index (κ3) is 3.85. The molecule has 8 heteroatoms. The number of rotatable bonds is 3. The van der Waals surface area contributed by atoms with Crippen LogP contribution in [0.5, 0.6) is 0 Å². The minimum atomic E-state index is -5.32. The molecule has 0 aromatic heterocycles. The van der Waals surface area contributed by atoms with Gasteiger partial charge in [0.1, 0.15) is 5.60 Å². The van der Waals surface area contributed by atoms with Crippen LogP contribution in [0.3, 0.4) is 0 Å². The Morgan fingerprint density at radius 3 is 1.95 bits per heavy atom. The number of alkyl halides is 3. The number of amides is 1. The summed E-state index contributed by atoms with van der Waals surface area (Å²) < 4.78 is 49.2. The molecule has 0 radical (unpaired) electrons. The smallest absolute Gasteiger partial charge is 0.434 e. The highest BCUT2D eigenvalue weighted by Gasteiger charge is 2.66. The van der Waals surface area contributed by atoms with E-state index in [9.17, 15) is 22.8 Å². The van der Waals surface area contributed by atoms with Crippen molar-refractivity contribution in [3.8, 4) is 24.7 Å². The first-order valence-corrected chi connectivity index (χ1v) is 5.94. The van der Waals surface area contributed by atoms with Crippen LogP contribution in [0.25, 0.3) is 0 Å². The van der Waals surface area contributed by atoms with E-state index in [1.807, 2.05) is 5.92 Å². The molecule has 0 spiro atoms. The summed E-state index contributed by atoms with van der Waals surface area (Å²) >= 11 is 0. The minimum absolute atomic E-state index is 0.0515. The fraction of sp³-hybridized carbons (Fsp3) is 0.571. The van der Waals surface area contributed by atoms with E-state index in [-0.39, 0.29) is 4.90 Å². The Bertz CT molecular complexity index is 522. The zero-order valence-electron chi connectivity index (χ0n) is 12.6. The maximum absolute atomic E-state index is 13.4. The van der Waals surface area contributed by atoms with Crippen LogP contribution < -0.4 is 0 Å². The van der Waals surface area contributed by atoms with Gasteiger partial charge in [0.15, 0.2) is 0 Å². The van der Waals surface area contributed by atoms with Gasteiger partial charge in [-0.05, 0) is 20.8 Å². The van der Waals surface area contributed by atoms with Crippen molar-refractivity contribution in [1.82, 2.24) is 4.90 Å². The molecule has 1 atom stereocenters. The largest absolute Gasteiger partial charge is 0.466 e. The van der Waals surface area contributed by atoms with Gasteiger partial charge in [0, 0.05) is 0 Å². The van der Waals surface area contributed by atoms with Gasteiger partial charge in [0.25, 0.3) is 0 Å². The Balaban J connectivity index is 6.14. The van der Waals surface area contributed by atoms with Crippen molar-refractivity contribution < 1.29 is 32.2 Å². The van der Waals surface area contributed by atoms with Gasteiger partial charge in [-0.3, -0.25) is 4.90 Å². The van der Waals surface area contributed by atoms with E-state index in [2.05, 4.69) is 4.74 Å². The minimum Gasteiger partial charge on any atom is -0.466 e. The second-order valence-corrected chi connectivity index (χ2v) is 5.11. The van der Waals surface area contributed by atoms with E-state index in [0.29, 0.717) is 7.11 Å². The molecule has 0 rings (SSSR count). The third-order valence-corrected chi connectivity index (χ3v) is 2.37. The third-order valence-electron chi connectivity index (χ3n) is 2.37. The van der Waals surface area contributed by atoms with Gasteiger partial charge in [0.2, 0.25) is 0 Å². The molecule has 0 saturated carbocycles. The first-order chi connectivity index (χ1) is 9.87. The number of esters is 1. The zero-order chi connectivity index (χ0) is 17.8. The number of carbonyl (C=O) groups excluding carboxylic acids is 2. The van der Waals surface area contributed by atoms with E-state index in [1.165, 1.54) is 26.7 Å². The van der Waals surface area contributed by atoms with E-state index < -0.39 is 35.9 Å².